The van der Waals surface area contributed by atoms with E-state index in [1.807, 2.05) is 40.5 Å². The molecule has 0 N–H and O–H groups in total. The lowest BCUT2D eigenvalue weighted by atomic mass is 10.1. The van der Waals surface area contributed by atoms with Crippen molar-refractivity contribution in [2.75, 3.05) is 0 Å². The Morgan fingerprint density at radius 3 is 2.81 bits per heavy atom. The SMILES string of the molecule is C[C@H](c1ccccc1Br)n1cc(-c2csc(Cc3cccc(F)c3)n2)nn1. The van der Waals surface area contributed by atoms with Crippen molar-refractivity contribution in [3.8, 4) is 11.4 Å². The molecule has 0 bridgehead atoms. The van der Waals surface area contributed by atoms with E-state index in [1.54, 1.807) is 17.4 Å². The molecule has 4 nitrogen and oxygen atoms in total. The van der Waals surface area contributed by atoms with Crippen molar-refractivity contribution in [3.05, 3.63) is 86.5 Å². The second-order valence-corrected chi connectivity index (χ2v) is 8.01. The summed E-state index contributed by atoms with van der Waals surface area (Å²) in [5.41, 5.74) is 3.56. The van der Waals surface area contributed by atoms with Crippen LogP contribution in [0.15, 0.2) is 64.6 Å². The van der Waals surface area contributed by atoms with Gasteiger partial charge in [0.25, 0.3) is 0 Å². The van der Waals surface area contributed by atoms with Crippen molar-refractivity contribution >= 4 is 27.3 Å². The average Bonchev–Trinajstić information content (AvgIpc) is 3.31. The first-order valence-electron chi connectivity index (χ1n) is 8.45. The number of nitrogens with zero attached hydrogens (tertiary/aromatic N) is 4. The largest absolute Gasteiger partial charge is 0.245 e. The third-order valence-electron chi connectivity index (χ3n) is 4.32. The van der Waals surface area contributed by atoms with E-state index >= 15 is 0 Å². The van der Waals surface area contributed by atoms with Gasteiger partial charge in [-0.2, -0.15) is 0 Å². The van der Waals surface area contributed by atoms with E-state index in [-0.39, 0.29) is 11.9 Å². The molecule has 4 aromatic rings. The molecule has 0 aliphatic carbocycles. The van der Waals surface area contributed by atoms with Gasteiger partial charge in [-0.25, -0.2) is 14.1 Å². The Balaban J connectivity index is 1.54. The van der Waals surface area contributed by atoms with Crippen LogP contribution in [-0.2, 0) is 6.42 Å². The minimum atomic E-state index is -0.228. The van der Waals surface area contributed by atoms with Gasteiger partial charge >= 0.3 is 0 Å². The van der Waals surface area contributed by atoms with Gasteiger partial charge in [-0.05, 0) is 36.2 Å². The molecule has 0 saturated carbocycles. The van der Waals surface area contributed by atoms with Crippen LogP contribution >= 0.6 is 27.3 Å². The van der Waals surface area contributed by atoms with Crippen LogP contribution in [0.25, 0.3) is 11.4 Å². The summed E-state index contributed by atoms with van der Waals surface area (Å²) in [6.45, 7) is 2.08. The highest BCUT2D eigenvalue weighted by atomic mass is 79.9. The molecular formula is C20H16BrFN4S. The Kier molecular flexibility index (Phi) is 5.13. The molecule has 0 aliphatic heterocycles. The predicted octanol–water partition coefficient (Wildman–Crippen LogP) is 5.50. The normalized spacial score (nSPS) is 12.3. The van der Waals surface area contributed by atoms with Crippen LogP contribution < -0.4 is 0 Å². The minimum Gasteiger partial charge on any atom is -0.245 e. The zero-order valence-electron chi connectivity index (χ0n) is 14.5. The molecule has 2 aromatic carbocycles. The van der Waals surface area contributed by atoms with E-state index in [9.17, 15) is 4.39 Å². The van der Waals surface area contributed by atoms with E-state index in [1.165, 1.54) is 12.1 Å². The van der Waals surface area contributed by atoms with E-state index in [4.69, 9.17) is 0 Å². The molecule has 0 radical (unpaired) electrons. The molecule has 0 saturated heterocycles. The van der Waals surface area contributed by atoms with Gasteiger partial charge in [0.15, 0.2) is 0 Å². The Bertz CT molecular complexity index is 1080. The zero-order valence-corrected chi connectivity index (χ0v) is 16.9. The molecule has 0 spiro atoms. The van der Waals surface area contributed by atoms with Gasteiger partial charge in [-0.1, -0.05) is 51.5 Å². The van der Waals surface area contributed by atoms with Gasteiger partial charge in [0.05, 0.1) is 17.2 Å². The first-order chi connectivity index (χ1) is 13.1. The Morgan fingerprint density at radius 1 is 1.15 bits per heavy atom. The van der Waals surface area contributed by atoms with Gasteiger partial charge in [0.1, 0.15) is 17.2 Å². The molecule has 0 aliphatic rings. The zero-order chi connectivity index (χ0) is 18.8. The van der Waals surface area contributed by atoms with Gasteiger partial charge < -0.3 is 0 Å². The van der Waals surface area contributed by atoms with Crippen LogP contribution in [0.2, 0.25) is 0 Å². The van der Waals surface area contributed by atoms with Crippen LogP contribution in [0.5, 0.6) is 0 Å². The lowest BCUT2D eigenvalue weighted by Crippen LogP contribution is -2.08. The molecule has 4 rings (SSSR count). The molecule has 0 fully saturated rings. The van der Waals surface area contributed by atoms with Crippen LogP contribution in [0.3, 0.4) is 0 Å². The lowest BCUT2D eigenvalue weighted by molar-refractivity contribution is 0.541. The highest BCUT2D eigenvalue weighted by molar-refractivity contribution is 9.10. The number of hydrogen-bond acceptors (Lipinski definition) is 4. The van der Waals surface area contributed by atoms with Crippen molar-refractivity contribution in [2.24, 2.45) is 0 Å². The number of hydrogen-bond donors (Lipinski definition) is 0. The topological polar surface area (TPSA) is 43.6 Å². The molecule has 136 valence electrons. The molecule has 2 aromatic heterocycles. The quantitative estimate of drug-likeness (QED) is 0.409. The summed E-state index contributed by atoms with van der Waals surface area (Å²) in [6, 6.07) is 14.7. The maximum atomic E-state index is 13.3. The molecule has 2 heterocycles. The highest BCUT2D eigenvalue weighted by Gasteiger charge is 2.15. The first-order valence-corrected chi connectivity index (χ1v) is 10.1. The number of thiazole rings is 1. The van der Waals surface area contributed by atoms with Crippen molar-refractivity contribution < 1.29 is 4.39 Å². The van der Waals surface area contributed by atoms with E-state index in [2.05, 4.69) is 44.2 Å². The van der Waals surface area contributed by atoms with Gasteiger partial charge in [0.2, 0.25) is 0 Å². The second kappa shape index (κ2) is 7.70. The second-order valence-electron chi connectivity index (χ2n) is 6.21. The number of benzene rings is 2. The smallest absolute Gasteiger partial charge is 0.132 e. The fourth-order valence-electron chi connectivity index (χ4n) is 2.87. The third kappa shape index (κ3) is 3.99. The van der Waals surface area contributed by atoms with E-state index < -0.39 is 0 Å². The Hall–Kier alpha value is -2.38. The molecule has 0 amide bonds. The van der Waals surface area contributed by atoms with Crippen LogP contribution in [-0.4, -0.2) is 20.0 Å². The summed E-state index contributed by atoms with van der Waals surface area (Å²) >= 11 is 5.13. The molecular weight excluding hydrogens is 427 g/mol. The van der Waals surface area contributed by atoms with Crippen molar-refractivity contribution in [1.29, 1.82) is 0 Å². The fraction of sp³-hybridized carbons (Fsp3) is 0.150. The lowest BCUT2D eigenvalue weighted by Gasteiger charge is -2.13. The summed E-state index contributed by atoms with van der Waals surface area (Å²) in [7, 11) is 0. The Morgan fingerprint density at radius 2 is 2.00 bits per heavy atom. The summed E-state index contributed by atoms with van der Waals surface area (Å²) in [4.78, 5) is 4.64. The number of rotatable bonds is 5. The van der Waals surface area contributed by atoms with E-state index in [0.717, 1.165) is 32.0 Å². The summed E-state index contributed by atoms with van der Waals surface area (Å²) in [5.74, 6) is -0.228. The van der Waals surface area contributed by atoms with Crippen molar-refractivity contribution in [2.45, 2.75) is 19.4 Å². The highest BCUT2D eigenvalue weighted by Crippen LogP contribution is 2.27. The third-order valence-corrected chi connectivity index (χ3v) is 5.89. The number of aromatic nitrogens is 4. The van der Waals surface area contributed by atoms with Crippen LogP contribution in [0, 0.1) is 5.82 Å². The van der Waals surface area contributed by atoms with E-state index in [0.29, 0.717) is 6.42 Å². The van der Waals surface area contributed by atoms with Crippen molar-refractivity contribution in [3.63, 3.8) is 0 Å². The number of halogens is 2. The molecule has 7 heteroatoms. The average molecular weight is 443 g/mol. The molecule has 27 heavy (non-hydrogen) atoms. The van der Waals surface area contributed by atoms with Crippen LogP contribution in [0.1, 0.15) is 29.1 Å². The monoisotopic (exact) mass is 442 g/mol. The standard InChI is InChI=1S/C20H16BrFN4S/c1-13(16-7-2-3-8-17(16)21)26-11-18(24-25-26)19-12-27-20(23-19)10-14-5-4-6-15(22)9-14/h2-9,11-13H,10H2,1H3/t13-/m1/s1. The fourth-order valence-corrected chi connectivity index (χ4v) is 4.31. The Labute approximate surface area is 168 Å². The summed E-state index contributed by atoms with van der Waals surface area (Å²) < 4.78 is 16.2. The molecule has 0 unspecified atom stereocenters. The predicted molar refractivity (Wildman–Crippen MR) is 108 cm³/mol. The first kappa shape index (κ1) is 18.0. The molecule has 1 atom stereocenters. The van der Waals surface area contributed by atoms with Gasteiger partial charge in [0, 0.05) is 16.3 Å². The maximum Gasteiger partial charge on any atom is 0.132 e. The van der Waals surface area contributed by atoms with Crippen molar-refractivity contribution in [1.82, 2.24) is 20.0 Å². The van der Waals surface area contributed by atoms with Gasteiger partial charge in [-0.3, -0.25) is 0 Å². The maximum absolute atomic E-state index is 13.3. The van der Waals surface area contributed by atoms with Gasteiger partial charge in [-0.15, -0.1) is 16.4 Å². The minimum absolute atomic E-state index is 0.0484. The van der Waals surface area contributed by atoms with Crippen LogP contribution in [0.4, 0.5) is 4.39 Å². The summed E-state index contributed by atoms with van der Waals surface area (Å²) in [6.07, 6.45) is 2.51. The summed E-state index contributed by atoms with van der Waals surface area (Å²) in [5, 5.41) is 11.4.